The Morgan fingerprint density at radius 1 is 1.29 bits per heavy atom. The molecule has 17 heavy (non-hydrogen) atoms. The summed E-state index contributed by atoms with van der Waals surface area (Å²) >= 11 is 6.17. The second-order valence-corrected chi connectivity index (χ2v) is 5.18. The van der Waals surface area contributed by atoms with Crippen LogP contribution in [0.2, 0.25) is 5.02 Å². The number of halogens is 1. The highest BCUT2D eigenvalue weighted by Gasteiger charge is 2.09. The van der Waals surface area contributed by atoms with Crippen LogP contribution in [0, 0.1) is 11.8 Å². The zero-order valence-electron chi connectivity index (χ0n) is 11.1. The number of nitrogens with one attached hydrogen (secondary N) is 1. The van der Waals surface area contributed by atoms with Crippen LogP contribution in [0.3, 0.4) is 0 Å². The van der Waals surface area contributed by atoms with Gasteiger partial charge in [-0.2, -0.15) is 0 Å². The van der Waals surface area contributed by atoms with Crippen molar-refractivity contribution < 1.29 is 4.74 Å². The summed E-state index contributed by atoms with van der Waals surface area (Å²) in [6, 6.07) is 5.74. The molecular weight excluding hydrogens is 234 g/mol. The molecule has 1 atom stereocenters. The maximum Gasteiger partial charge on any atom is 0.124 e. The second-order valence-electron chi connectivity index (χ2n) is 4.77. The number of hydrogen-bond acceptors (Lipinski definition) is 2. The predicted octanol–water partition coefficient (Wildman–Crippen LogP) is 3.73. The number of benzene rings is 1. The van der Waals surface area contributed by atoms with Gasteiger partial charge in [0.05, 0.1) is 7.11 Å². The highest BCUT2D eigenvalue weighted by Crippen LogP contribution is 2.25. The molecule has 0 spiro atoms. The van der Waals surface area contributed by atoms with E-state index in [1.807, 2.05) is 18.2 Å². The first kappa shape index (κ1) is 14.3. The maximum atomic E-state index is 6.17. The highest BCUT2D eigenvalue weighted by atomic mass is 35.5. The summed E-state index contributed by atoms with van der Waals surface area (Å²) in [5, 5.41) is 4.19. The van der Waals surface area contributed by atoms with E-state index in [1.54, 1.807) is 7.11 Å². The second kappa shape index (κ2) is 6.87. The van der Waals surface area contributed by atoms with Crippen LogP contribution in [0.15, 0.2) is 18.2 Å². The van der Waals surface area contributed by atoms with Gasteiger partial charge >= 0.3 is 0 Å². The standard InChI is InChI=1S/C14H22ClNO/c1-10(2)11(3)8-16-9-12-13(15)6-5-7-14(12)17-4/h5-7,10-11,16H,8-9H2,1-4H3. The van der Waals surface area contributed by atoms with Gasteiger partial charge in [0, 0.05) is 17.1 Å². The molecule has 1 aromatic carbocycles. The Bertz CT molecular complexity index is 352. The molecule has 1 N–H and O–H groups in total. The quantitative estimate of drug-likeness (QED) is 0.836. The summed E-state index contributed by atoms with van der Waals surface area (Å²) in [6.07, 6.45) is 0. The van der Waals surface area contributed by atoms with Crippen molar-refractivity contribution in [3.8, 4) is 5.75 Å². The van der Waals surface area contributed by atoms with Crippen molar-refractivity contribution in [2.75, 3.05) is 13.7 Å². The lowest BCUT2D eigenvalue weighted by Gasteiger charge is -2.17. The van der Waals surface area contributed by atoms with E-state index in [0.29, 0.717) is 11.8 Å². The van der Waals surface area contributed by atoms with E-state index in [9.17, 15) is 0 Å². The lowest BCUT2D eigenvalue weighted by atomic mass is 9.98. The van der Waals surface area contributed by atoms with Crippen LogP contribution in [-0.2, 0) is 6.54 Å². The first-order valence-electron chi connectivity index (χ1n) is 6.08. The Morgan fingerprint density at radius 3 is 2.59 bits per heavy atom. The summed E-state index contributed by atoms with van der Waals surface area (Å²) in [5.41, 5.74) is 1.03. The molecule has 0 bridgehead atoms. The third-order valence-electron chi connectivity index (χ3n) is 3.20. The molecule has 0 radical (unpaired) electrons. The van der Waals surface area contributed by atoms with Gasteiger partial charge < -0.3 is 10.1 Å². The van der Waals surface area contributed by atoms with Crippen molar-refractivity contribution in [2.45, 2.75) is 27.3 Å². The first-order chi connectivity index (χ1) is 8.06. The van der Waals surface area contributed by atoms with E-state index in [2.05, 4.69) is 26.1 Å². The SMILES string of the molecule is COc1cccc(Cl)c1CNCC(C)C(C)C. The zero-order chi connectivity index (χ0) is 12.8. The smallest absolute Gasteiger partial charge is 0.124 e. The van der Waals surface area contributed by atoms with Crippen LogP contribution in [0.25, 0.3) is 0 Å². The third-order valence-corrected chi connectivity index (χ3v) is 3.56. The summed E-state index contributed by atoms with van der Waals surface area (Å²) in [7, 11) is 1.67. The van der Waals surface area contributed by atoms with Crippen LogP contribution in [-0.4, -0.2) is 13.7 Å². The fraction of sp³-hybridized carbons (Fsp3) is 0.571. The molecule has 0 aromatic heterocycles. The van der Waals surface area contributed by atoms with Gasteiger partial charge in [0.25, 0.3) is 0 Å². The molecule has 1 aromatic rings. The summed E-state index contributed by atoms with van der Waals surface area (Å²) < 4.78 is 5.31. The lowest BCUT2D eigenvalue weighted by molar-refractivity contribution is 0.384. The average Bonchev–Trinajstić information content (AvgIpc) is 2.30. The molecule has 1 rings (SSSR count). The Morgan fingerprint density at radius 2 is 2.00 bits per heavy atom. The van der Waals surface area contributed by atoms with E-state index in [1.165, 1.54) is 0 Å². The van der Waals surface area contributed by atoms with Gasteiger partial charge in [0.2, 0.25) is 0 Å². The molecule has 1 unspecified atom stereocenters. The molecule has 0 amide bonds. The Balaban J connectivity index is 2.57. The van der Waals surface area contributed by atoms with E-state index in [4.69, 9.17) is 16.3 Å². The van der Waals surface area contributed by atoms with E-state index in [0.717, 1.165) is 29.4 Å². The molecule has 2 nitrogen and oxygen atoms in total. The monoisotopic (exact) mass is 255 g/mol. The van der Waals surface area contributed by atoms with Crippen LogP contribution >= 0.6 is 11.6 Å². The largest absolute Gasteiger partial charge is 0.496 e. The molecule has 0 aliphatic rings. The normalized spacial score (nSPS) is 12.8. The van der Waals surface area contributed by atoms with Gasteiger partial charge in [0.1, 0.15) is 5.75 Å². The van der Waals surface area contributed by atoms with Gasteiger partial charge in [-0.15, -0.1) is 0 Å². The van der Waals surface area contributed by atoms with E-state index >= 15 is 0 Å². The van der Waals surface area contributed by atoms with Crippen molar-refractivity contribution in [2.24, 2.45) is 11.8 Å². The molecule has 0 heterocycles. The van der Waals surface area contributed by atoms with E-state index < -0.39 is 0 Å². The van der Waals surface area contributed by atoms with Gasteiger partial charge in [-0.3, -0.25) is 0 Å². The van der Waals surface area contributed by atoms with Crippen molar-refractivity contribution in [1.29, 1.82) is 0 Å². The Hall–Kier alpha value is -0.730. The van der Waals surface area contributed by atoms with Crippen LogP contribution in [0.4, 0.5) is 0 Å². The maximum absolute atomic E-state index is 6.17. The third kappa shape index (κ3) is 4.21. The van der Waals surface area contributed by atoms with Crippen molar-refractivity contribution in [3.63, 3.8) is 0 Å². The van der Waals surface area contributed by atoms with E-state index in [-0.39, 0.29) is 0 Å². The minimum Gasteiger partial charge on any atom is -0.496 e. The van der Waals surface area contributed by atoms with Crippen LogP contribution in [0.1, 0.15) is 26.3 Å². The van der Waals surface area contributed by atoms with Gasteiger partial charge in [-0.1, -0.05) is 38.4 Å². The van der Waals surface area contributed by atoms with Crippen molar-refractivity contribution in [3.05, 3.63) is 28.8 Å². The fourth-order valence-corrected chi connectivity index (χ4v) is 1.79. The fourth-order valence-electron chi connectivity index (χ4n) is 1.56. The molecule has 0 fully saturated rings. The number of rotatable bonds is 6. The minimum atomic E-state index is 0.656. The van der Waals surface area contributed by atoms with Crippen LogP contribution in [0.5, 0.6) is 5.75 Å². The van der Waals surface area contributed by atoms with Crippen LogP contribution < -0.4 is 10.1 Å². The average molecular weight is 256 g/mol. The predicted molar refractivity (Wildman–Crippen MR) is 73.7 cm³/mol. The number of methoxy groups -OCH3 is 1. The highest BCUT2D eigenvalue weighted by molar-refractivity contribution is 6.31. The summed E-state index contributed by atoms with van der Waals surface area (Å²) in [6.45, 7) is 8.47. The molecule has 96 valence electrons. The molecule has 0 saturated heterocycles. The van der Waals surface area contributed by atoms with Gasteiger partial charge in [0.15, 0.2) is 0 Å². The first-order valence-corrected chi connectivity index (χ1v) is 6.46. The summed E-state index contributed by atoms with van der Waals surface area (Å²) in [5.74, 6) is 2.20. The zero-order valence-corrected chi connectivity index (χ0v) is 11.8. The number of hydrogen-bond donors (Lipinski definition) is 1. The molecular formula is C14H22ClNO. The molecule has 0 aliphatic carbocycles. The molecule has 3 heteroatoms. The van der Waals surface area contributed by atoms with Gasteiger partial charge in [-0.25, -0.2) is 0 Å². The molecule has 0 aliphatic heterocycles. The van der Waals surface area contributed by atoms with Crippen molar-refractivity contribution in [1.82, 2.24) is 5.32 Å². The van der Waals surface area contributed by atoms with Gasteiger partial charge in [-0.05, 0) is 30.5 Å². The Labute approximate surface area is 109 Å². The Kier molecular flexibility index (Phi) is 5.79. The molecule has 0 saturated carbocycles. The minimum absolute atomic E-state index is 0.656. The lowest BCUT2D eigenvalue weighted by Crippen LogP contribution is -2.24. The summed E-state index contributed by atoms with van der Waals surface area (Å²) in [4.78, 5) is 0. The number of ether oxygens (including phenoxy) is 1. The van der Waals surface area contributed by atoms with Crippen molar-refractivity contribution >= 4 is 11.6 Å². The topological polar surface area (TPSA) is 21.3 Å².